The van der Waals surface area contributed by atoms with Crippen molar-refractivity contribution in [2.45, 2.75) is 46.8 Å². The van der Waals surface area contributed by atoms with Crippen molar-refractivity contribution in [2.24, 2.45) is 5.73 Å². The number of hydrogen-bond acceptors (Lipinski definition) is 6. The third kappa shape index (κ3) is 16.4. The first-order chi connectivity index (χ1) is 11.8. The summed E-state index contributed by atoms with van der Waals surface area (Å²) >= 11 is 4.82. The molecule has 2 rings (SSSR count). The van der Waals surface area contributed by atoms with Gasteiger partial charge in [0.25, 0.3) is 0 Å². The molecule has 0 spiro atoms. The predicted octanol–water partition coefficient (Wildman–Crippen LogP) is 1.82. The topological polar surface area (TPSA) is 97.1 Å². The number of nitrogens with zero attached hydrogens (tertiary/aromatic N) is 2. The fourth-order valence-corrected chi connectivity index (χ4v) is 1.87. The van der Waals surface area contributed by atoms with Crippen molar-refractivity contribution >= 4 is 29.4 Å². The summed E-state index contributed by atoms with van der Waals surface area (Å²) in [5, 5.41) is 2.96. The largest absolute Gasteiger partial charge is 0.443 e. The van der Waals surface area contributed by atoms with Crippen LogP contribution >= 0.6 is 12.2 Å². The molecule has 0 saturated carbocycles. The summed E-state index contributed by atoms with van der Waals surface area (Å²) in [4.78, 5) is 25.2. The Kier molecular flexibility index (Phi) is 28.3. The first kappa shape index (κ1) is 35.4. The zero-order chi connectivity index (χ0) is 20.0. The van der Waals surface area contributed by atoms with Crippen LogP contribution in [0.2, 0.25) is 0 Å². The Hall–Kier alpha value is 0.909. The molecule has 2 heterocycles. The molecule has 0 aliphatic carbocycles. The first-order valence-electron chi connectivity index (χ1n) is 8.61. The van der Waals surface area contributed by atoms with Gasteiger partial charge < -0.3 is 30.3 Å². The Bertz CT molecular complexity index is 420. The number of nitrogens with two attached hydrogens (primary N) is 1. The molecule has 2 atom stereocenters. The van der Waals surface area contributed by atoms with Crippen LogP contribution in [0.15, 0.2) is 0 Å². The second kappa shape index (κ2) is 21.6. The summed E-state index contributed by atoms with van der Waals surface area (Å²) in [6.45, 7) is 12.1. The molecule has 0 aromatic carbocycles. The molecular formula is C16H34Ar2N4O4S. The summed E-state index contributed by atoms with van der Waals surface area (Å²) in [7, 11) is 3.41. The molecule has 2 aliphatic heterocycles. The smallest absolute Gasteiger partial charge is 0.410 e. The molecule has 2 fully saturated rings. The van der Waals surface area contributed by atoms with Gasteiger partial charge in [0.1, 0.15) is 12.2 Å². The molecule has 2 aliphatic rings. The molecule has 0 aromatic heterocycles. The van der Waals surface area contributed by atoms with Gasteiger partial charge >= 0.3 is 12.2 Å². The van der Waals surface area contributed by atoms with Crippen LogP contribution in [0.3, 0.4) is 0 Å². The van der Waals surface area contributed by atoms with Crippen LogP contribution in [0.4, 0.5) is 9.59 Å². The third-order valence-electron chi connectivity index (χ3n) is 2.95. The SMILES string of the molecule is CC.CC.CC(=S)NC[C@H]1CN(C)C(=O)O1.CN1C[C@H](CN)OC1=O.[Ar].[Ar]. The van der Waals surface area contributed by atoms with Crippen molar-refractivity contribution in [1.29, 1.82) is 0 Å². The second-order valence-electron chi connectivity index (χ2n) is 4.95. The van der Waals surface area contributed by atoms with Gasteiger partial charge in [0.2, 0.25) is 0 Å². The van der Waals surface area contributed by atoms with E-state index in [-0.39, 0.29) is 99.9 Å². The molecule has 0 aromatic rings. The van der Waals surface area contributed by atoms with Crippen molar-refractivity contribution in [3.63, 3.8) is 0 Å². The van der Waals surface area contributed by atoms with Gasteiger partial charge in [-0.15, -0.1) is 0 Å². The minimum atomic E-state index is -0.273. The van der Waals surface area contributed by atoms with Gasteiger partial charge in [-0.05, 0) is 6.92 Å². The number of rotatable bonds is 3. The molecule has 0 bridgehead atoms. The van der Waals surface area contributed by atoms with Crippen LogP contribution in [0, 0.1) is 75.5 Å². The van der Waals surface area contributed by atoms with E-state index in [9.17, 15) is 9.59 Å². The average molecular weight is 458 g/mol. The van der Waals surface area contributed by atoms with E-state index in [4.69, 9.17) is 27.4 Å². The van der Waals surface area contributed by atoms with E-state index in [0.29, 0.717) is 26.2 Å². The van der Waals surface area contributed by atoms with Crippen LogP contribution in [0.5, 0.6) is 0 Å². The molecule has 2 amide bonds. The maximum atomic E-state index is 10.9. The zero-order valence-corrected chi connectivity index (χ0v) is 19.4. The van der Waals surface area contributed by atoms with Crippen LogP contribution in [-0.2, 0) is 9.47 Å². The molecule has 11 heteroatoms. The van der Waals surface area contributed by atoms with E-state index in [1.54, 1.807) is 25.9 Å². The molecule has 0 unspecified atom stereocenters. The standard InChI is InChI=1S/C7H12N2O2S.C5H10N2O2.2C2H6.2Ar/c1-5(12)8-3-6-4-9(2)7(10)11-6;1-7-3-4(2-6)9-5(7)8;2*1-2;;/h6H,3-4H2,1-2H3,(H,8,12);4H,2-3,6H2,1H3;2*1-2H3;;/t6-;4-;;;;/m00..../s1. The molecule has 0 radical (unpaired) electrons. The molecule has 2 saturated heterocycles. The van der Waals surface area contributed by atoms with Crippen molar-refractivity contribution in [2.75, 3.05) is 40.3 Å². The number of thiocarbonyl (C=S) groups is 1. The van der Waals surface area contributed by atoms with Gasteiger partial charge in [0.05, 0.1) is 24.6 Å². The van der Waals surface area contributed by atoms with Gasteiger partial charge in [0.15, 0.2) is 0 Å². The maximum Gasteiger partial charge on any atom is 0.410 e. The Labute approximate surface area is 229 Å². The van der Waals surface area contributed by atoms with Gasteiger partial charge in [0, 0.05) is 96.1 Å². The van der Waals surface area contributed by atoms with Crippen molar-refractivity contribution < 1.29 is 94.5 Å². The van der Waals surface area contributed by atoms with Gasteiger partial charge in [-0.1, -0.05) is 39.9 Å². The zero-order valence-electron chi connectivity index (χ0n) is 17.2. The Morgan fingerprint density at radius 3 is 1.63 bits per heavy atom. The first-order valence-corrected chi connectivity index (χ1v) is 9.02. The summed E-state index contributed by atoms with van der Waals surface area (Å²) < 4.78 is 9.77. The quantitative estimate of drug-likeness (QED) is 0.623. The van der Waals surface area contributed by atoms with Gasteiger partial charge in [-0.25, -0.2) is 9.59 Å². The van der Waals surface area contributed by atoms with E-state index >= 15 is 0 Å². The summed E-state index contributed by atoms with van der Waals surface area (Å²) in [6, 6.07) is 0. The van der Waals surface area contributed by atoms with Crippen LogP contribution < -0.4 is 11.1 Å². The Balaban J connectivity index is -0.000000159. The Morgan fingerprint density at radius 2 is 1.41 bits per heavy atom. The molecular weight excluding hydrogens is 424 g/mol. The number of amides is 2. The van der Waals surface area contributed by atoms with E-state index in [1.165, 1.54) is 4.90 Å². The molecule has 164 valence electrons. The fraction of sp³-hybridized carbons (Fsp3) is 0.812. The van der Waals surface area contributed by atoms with Crippen LogP contribution in [0.1, 0.15) is 34.6 Å². The predicted molar refractivity (Wildman–Crippen MR) is 104 cm³/mol. The number of likely N-dealkylation sites (N-methyl/N-ethyl adjacent to an activating group) is 2. The van der Waals surface area contributed by atoms with Crippen LogP contribution in [-0.4, -0.2) is 79.5 Å². The normalized spacial score (nSPS) is 19.3. The summed E-state index contributed by atoms with van der Waals surface area (Å²) in [6.07, 6.45) is -0.697. The number of cyclic esters (lactones) is 2. The summed E-state index contributed by atoms with van der Waals surface area (Å²) in [5.41, 5.74) is 5.25. The number of nitrogens with one attached hydrogen (secondary N) is 1. The second-order valence-corrected chi connectivity index (χ2v) is 5.56. The van der Waals surface area contributed by atoms with E-state index in [0.717, 1.165) is 4.99 Å². The third-order valence-corrected chi connectivity index (χ3v) is 3.10. The minimum Gasteiger partial charge on any atom is -0.443 e. The van der Waals surface area contributed by atoms with Crippen LogP contribution in [0.25, 0.3) is 0 Å². The summed E-state index contributed by atoms with van der Waals surface area (Å²) in [5.74, 6) is 0. The molecule has 27 heavy (non-hydrogen) atoms. The number of hydrogen-bond donors (Lipinski definition) is 2. The number of carbonyl (C=O) groups excluding carboxylic acids is 2. The molecule has 3 N–H and O–H groups in total. The number of carbonyl (C=O) groups is 2. The van der Waals surface area contributed by atoms with Crippen molar-refractivity contribution in [1.82, 2.24) is 15.1 Å². The monoisotopic (exact) mass is 458 g/mol. The van der Waals surface area contributed by atoms with Gasteiger partial charge in [-0.2, -0.15) is 0 Å². The van der Waals surface area contributed by atoms with Gasteiger partial charge in [-0.3, -0.25) is 0 Å². The van der Waals surface area contributed by atoms with Crippen molar-refractivity contribution in [3.05, 3.63) is 0 Å². The van der Waals surface area contributed by atoms with E-state index in [1.807, 2.05) is 27.7 Å². The fourth-order valence-electron chi connectivity index (χ4n) is 1.79. The minimum absolute atomic E-state index is 0. The average Bonchev–Trinajstić information content (AvgIpc) is 3.11. The van der Waals surface area contributed by atoms with E-state index in [2.05, 4.69) is 5.32 Å². The Morgan fingerprint density at radius 1 is 1.04 bits per heavy atom. The number of ether oxygens (including phenoxy) is 2. The van der Waals surface area contributed by atoms with Crippen molar-refractivity contribution in [3.8, 4) is 0 Å². The van der Waals surface area contributed by atoms with E-state index < -0.39 is 0 Å². The maximum absolute atomic E-state index is 10.9. The molecule has 8 nitrogen and oxygen atoms in total.